The number of rotatable bonds is 8. The van der Waals surface area contributed by atoms with Gasteiger partial charge in [0.2, 0.25) is 5.91 Å². The van der Waals surface area contributed by atoms with Crippen LogP contribution in [0, 0.1) is 0 Å². The number of nitrogens with zero attached hydrogens (tertiary/aromatic N) is 2. The van der Waals surface area contributed by atoms with Crippen molar-refractivity contribution in [3.63, 3.8) is 0 Å². The third-order valence-corrected chi connectivity index (χ3v) is 3.25. The van der Waals surface area contributed by atoms with Gasteiger partial charge in [-0.15, -0.1) is 0 Å². The minimum absolute atomic E-state index is 0.0518. The first-order chi connectivity index (χ1) is 9.86. The molecule has 7 heteroatoms. The molecule has 0 saturated heterocycles. The fourth-order valence-electron chi connectivity index (χ4n) is 1.68. The van der Waals surface area contributed by atoms with Crippen LogP contribution >= 0.6 is 15.9 Å². The second-order valence-corrected chi connectivity index (χ2v) is 5.88. The summed E-state index contributed by atoms with van der Waals surface area (Å²) in [5, 5.41) is 11.6. The Hall–Kier alpha value is -1.44. The van der Waals surface area contributed by atoms with Gasteiger partial charge in [-0.05, 0) is 38.4 Å². The predicted octanol–water partition coefficient (Wildman–Crippen LogP) is 1.34. The van der Waals surface area contributed by atoms with Crippen LogP contribution in [0.15, 0.2) is 28.7 Å². The van der Waals surface area contributed by atoms with Crippen LogP contribution in [-0.4, -0.2) is 67.1 Å². The van der Waals surface area contributed by atoms with Crippen molar-refractivity contribution in [1.82, 2.24) is 9.80 Å². The van der Waals surface area contributed by atoms with Crippen LogP contribution in [0.25, 0.3) is 0 Å². The number of carboxylic acids is 1. The van der Waals surface area contributed by atoms with Crippen molar-refractivity contribution in [2.24, 2.45) is 0 Å². The van der Waals surface area contributed by atoms with Gasteiger partial charge in [-0.2, -0.15) is 0 Å². The van der Waals surface area contributed by atoms with Crippen LogP contribution in [-0.2, 0) is 9.59 Å². The molecule has 0 aliphatic heterocycles. The number of amides is 1. The number of hydrogen-bond donors (Lipinski definition) is 2. The molecular formula is C14H20BrN3O3. The number of carbonyl (C=O) groups excluding carboxylic acids is 1. The molecule has 0 fully saturated rings. The molecule has 1 aromatic rings. The van der Waals surface area contributed by atoms with Crippen molar-refractivity contribution in [2.45, 2.75) is 0 Å². The zero-order valence-electron chi connectivity index (χ0n) is 12.2. The second kappa shape index (κ2) is 8.76. The lowest BCUT2D eigenvalue weighted by Gasteiger charge is -2.21. The number of halogens is 1. The quantitative estimate of drug-likeness (QED) is 0.734. The molecule has 0 radical (unpaired) electrons. The molecule has 21 heavy (non-hydrogen) atoms. The maximum atomic E-state index is 12.0. The summed E-state index contributed by atoms with van der Waals surface area (Å²) in [6.45, 7) is 1.11. The van der Waals surface area contributed by atoms with Gasteiger partial charge in [0.15, 0.2) is 0 Å². The standard InChI is InChI=1S/C14H20BrN3O3/c1-17(2)7-8-18(10-14(20)21)9-13(19)16-12-5-3-11(15)4-6-12/h3-6H,7-10H2,1-2H3,(H,16,19)(H,20,21). The molecular weight excluding hydrogens is 338 g/mol. The Morgan fingerprint density at radius 2 is 1.76 bits per heavy atom. The average molecular weight is 358 g/mol. The van der Waals surface area contributed by atoms with Crippen LogP contribution in [0.5, 0.6) is 0 Å². The van der Waals surface area contributed by atoms with Crippen molar-refractivity contribution < 1.29 is 14.7 Å². The molecule has 0 heterocycles. The second-order valence-electron chi connectivity index (χ2n) is 4.96. The Balaban J connectivity index is 2.53. The van der Waals surface area contributed by atoms with Gasteiger partial charge in [0, 0.05) is 23.2 Å². The number of aliphatic carboxylic acids is 1. The van der Waals surface area contributed by atoms with Gasteiger partial charge in [-0.25, -0.2) is 0 Å². The van der Waals surface area contributed by atoms with E-state index in [4.69, 9.17) is 5.11 Å². The Morgan fingerprint density at radius 3 is 2.29 bits per heavy atom. The van der Waals surface area contributed by atoms with Gasteiger partial charge in [0.05, 0.1) is 13.1 Å². The van der Waals surface area contributed by atoms with E-state index in [2.05, 4.69) is 21.2 Å². The summed E-state index contributed by atoms with van der Waals surface area (Å²) in [5.74, 6) is -1.16. The Labute approximate surface area is 132 Å². The summed E-state index contributed by atoms with van der Waals surface area (Å²) in [6.07, 6.45) is 0. The van der Waals surface area contributed by atoms with Crippen LogP contribution in [0.3, 0.4) is 0 Å². The van der Waals surface area contributed by atoms with Crippen molar-refractivity contribution in [2.75, 3.05) is 45.6 Å². The molecule has 0 aliphatic carbocycles. The number of carboxylic acid groups (broad SMARTS) is 1. The van der Waals surface area contributed by atoms with E-state index in [1.54, 1.807) is 17.0 Å². The molecule has 0 bridgehead atoms. The topological polar surface area (TPSA) is 72.9 Å². The van der Waals surface area contributed by atoms with E-state index in [1.165, 1.54) is 0 Å². The van der Waals surface area contributed by atoms with E-state index in [-0.39, 0.29) is 19.0 Å². The Morgan fingerprint density at radius 1 is 1.14 bits per heavy atom. The molecule has 0 aliphatic rings. The van der Waals surface area contributed by atoms with Gasteiger partial charge in [-0.1, -0.05) is 15.9 Å². The largest absolute Gasteiger partial charge is 0.480 e. The van der Waals surface area contributed by atoms with E-state index in [1.807, 2.05) is 31.1 Å². The van der Waals surface area contributed by atoms with E-state index in [9.17, 15) is 9.59 Å². The molecule has 0 saturated carbocycles. The summed E-state index contributed by atoms with van der Waals surface area (Å²) in [7, 11) is 3.81. The molecule has 116 valence electrons. The number of nitrogens with one attached hydrogen (secondary N) is 1. The first-order valence-electron chi connectivity index (χ1n) is 6.51. The lowest BCUT2D eigenvalue weighted by Crippen LogP contribution is -2.40. The van der Waals surface area contributed by atoms with Crippen LogP contribution in [0.2, 0.25) is 0 Å². The van der Waals surface area contributed by atoms with Crippen LogP contribution < -0.4 is 5.32 Å². The number of carbonyl (C=O) groups is 2. The fourth-order valence-corrected chi connectivity index (χ4v) is 1.95. The van der Waals surface area contributed by atoms with Gasteiger partial charge < -0.3 is 15.3 Å². The van der Waals surface area contributed by atoms with Gasteiger partial charge in [-0.3, -0.25) is 14.5 Å². The summed E-state index contributed by atoms with van der Waals surface area (Å²) in [5.41, 5.74) is 0.686. The first-order valence-corrected chi connectivity index (χ1v) is 7.30. The minimum atomic E-state index is -0.940. The van der Waals surface area contributed by atoms with Gasteiger partial charge >= 0.3 is 5.97 Å². The van der Waals surface area contributed by atoms with Crippen molar-refractivity contribution in [3.8, 4) is 0 Å². The fraction of sp³-hybridized carbons (Fsp3) is 0.429. The zero-order chi connectivity index (χ0) is 15.8. The maximum Gasteiger partial charge on any atom is 0.317 e. The third-order valence-electron chi connectivity index (χ3n) is 2.72. The molecule has 0 aromatic heterocycles. The lowest BCUT2D eigenvalue weighted by atomic mass is 10.3. The Bertz CT molecular complexity index is 477. The predicted molar refractivity (Wildman–Crippen MR) is 85.4 cm³/mol. The highest BCUT2D eigenvalue weighted by Crippen LogP contribution is 2.13. The number of benzene rings is 1. The molecule has 1 aromatic carbocycles. The smallest absolute Gasteiger partial charge is 0.317 e. The van der Waals surface area contributed by atoms with Gasteiger partial charge in [0.1, 0.15) is 0 Å². The highest BCUT2D eigenvalue weighted by molar-refractivity contribution is 9.10. The normalized spacial score (nSPS) is 10.9. The summed E-state index contributed by atoms with van der Waals surface area (Å²) >= 11 is 3.32. The maximum absolute atomic E-state index is 12.0. The zero-order valence-corrected chi connectivity index (χ0v) is 13.8. The molecule has 6 nitrogen and oxygen atoms in total. The number of hydrogen-bond acceptors (Lipinski definition) is 4. The van der Waals surface area contributed by atoms with Crippen LogP contribution in [0.1, 0.15) is 0 Å². The Kier molecular flexibility index (Phi) is 7.35. The van der Waals surface area contributed by atoms with Crippen molar-refractivity contribution >= 4 is 33.5 Å². The monoisotopic (exact) mass is 357 g/mol. The summed E-state index contributed by atoms with van der Waals surface area (Å²) in [6, 6.07) is 7.22. The average Bonchev–Trinajstić information content (AvgIpc) is 2.38. The molecule has 1 rings (SSSR count). The number of anilines is 1. The van der Waals surface area contributed by atoms with E-state index < -0.39 is 5.97 Å². The highest BCUT2D eigenvalue weighted by Gasteiger charge is 2.14. The molecule has 0 spiro atoms. The van der Waals surface area contributed by atoms with Gasteiger partial charge in [0.25, 0.3) is 0 Å². The SMILES string of the molecule is CN(C)CCN(CC(=O)O)CC(=O)Nc1ccc(Br)cc1. The molecule has 2 N–H and O–H groups in total. The van der Waals surface area contributed by atoms with E-state index in [0.717, 1.165) is 4.47 Å². The lowest BCUT2D eigenvalue weighted by molar-refractivity contribution is -0.138. The minimum Gasteiger partial charge on any atom is -0.480 e. The van der Waals surface area contributed by atoms with Crippen molar-refractivity contribution in [1.29, 1.82) is 0 Å². The van der Waals surface area contributed by atoms with E-state index >= 15 is 0 Å². The highest BCUT2D eigenvalue weighted by atomic mass is 79.9. The molecule has 1 amide bonds. The first kappa shape index (κ1) is 17.6. The molecule has 0 atom stereocenters. The third kappa shape index (κ3) is 7.79. The summed E-state index contributed by atoms with van der Waals surface area (Å²) < 4.78 is 0.930. The van der Waals surface area contributed by atoms with E-state index in [0.29, 0.717) is 18.8 Å². The van der Waals surface area contributed by atoms with Crippen molar-refractivity contribution in [3.05, 3.63) is 28.7 Å². The molecule has 0 unspecified atom stereocenters. The summed E-state index contributed by atoms with van der Waals surface area (Å²) in [4.78, 5) is 26.4. The van der Waals surface area contributed by atoms with Crippen LogP contribution in [0.4, 0.5) is 5.69 Å². The number of likely N-dealkylation sites (N-methyl/N-ethyl adjacent to an activating group) is 1.